The van der Waals surface area contributed by atoms with E-state index >= 15 is 0 Å². The molecule has 1 fully saturated rings. The predicted octanol–water partition coefficient (Wildman–Crippen LogP) is 2.58. The highest BCUT2D eigenvalue weighted by Crippen LogP contribution is 2.32. The van der Waals surface area contributed by atoms with Crippen molar-refractivity contribution in [2.75, 3.05) is 33.4 Å². The van der Waals surface area contributed by atoms with E-state index in [1.54, 1.807) is 7.11 Å². The van der Waals surface area contributed by atoms with Gasteiger partial charge in [-0.1, -0.05) is 19.3 Å². The van der Waals surface area contributed by atoms with Gasteiger partial charge in [0.2, 0.25) is 0 Å². The summed E-state index contributed by atoms with van der Waals surface area (Å²) < 4.78 is 7.36. The molecule has 1 saturated carbocycles. The quantitative estimate of drug-likeness (QED) is 0.724. The molecule has 23 heavy (non-hydrogen) atoms. The van der Waals surface area contributed by atoms with Crippen LogP contribution in [0, 0.1) is 13.8 Å². The number of ether oxygens (including phenoxy) is 1. The summed E-state index contributed by atoms with van der Waals surface area (Å²) in [6, 6.07) is 2.61. The number of carbonyl (C=O) groups is 1. The van der Waals surface area contributed by atoms with E-state index < -0.39 is 0 Å². The lowest BCUT2D eigenvalue weighted by atomic mass is 9.95. The Bertz CT molecular complexity index is 505. The average Bonchev–Trinajstić information content (AvgIpc) is 2.86. The third kappa shape index (κ3) is 4.82. The van der Waals surface area contributed by atoms with Crippen LogP contribution in [0.25, 0.3) is 0 Å². The Morgan fingerprint density at radius 2 is 1.96 bits per heavy atom. The molecule has 2 N–H and O–H groups in total. The third-order valence-corrected chi connectivity index (χ3v) is 4.74. The van der Waals surface area contributed by atoms with E-state index in [9.17, 15) is 4.79 Å². The van der Waals surface area contributed by atoms with Gasteiger partial charge in [-0.05, 0) is 32.8 Å². The van der Waals surface area contributed by atoms with Crippen molar-refractivity contribution in [1.82, 2.24) is 15.2 Å². The van der Waals surface area contributed by atoms with Crippen LogP contribution >= 0.6 is 0 Å². The number of hydrogen-bond donors (Lipinski definition) is 2. The van der Waals surface area contributed by atoms with Crippen molar-refractivity contribution >= 4 is 5.91 Å². The lowest BCUT2D eigenvalue weighted by molar-refractivity contribution is 0.0953. The Kier molecular flexibility index (Phi) is 7.12. The van der Waals surface area contributed by atoms with Gasteiger partial charge in [-0.25, -0.2) is 0 Å². The summed E-state index contributed by atoms with van der Waals surface area (Å²) in [5, 5.41) is 6.24. The number of nitrogens with one attached hydrogen (secondary N) is 2. The largest absolute Gasteiger partial charge is 0.383 e. The van der Waals surface area contributed by atoms with Gasteiger partial charge in [0.15, 0.2) is 0 Å². The summed E-state index contributed by atoms with van der Waals surface area (Å²) in [5.74, 6) is 0.0358. The van der Waals surface area contributed by atoms with E-state index in [0.29, 0.717) is 19.2 Å². The van der Waals surface area contributed by atoms with Gasteiger partial charge in [-0.15, -0.1) is 0 Å². The summed E-state index contributed by atoms with van der Waals surface area (Å²) in [5.41, 5.74) is 3.14. The van der Waals surface area contributed by atoms with E-state index in [0.717, 1.165) is 24.3 Å². The molecule has 0 spiro atoms. The van der Waals surface area contributed by atoms with Crippen molar-refractivity contribution in [1.29, 1.82) is 0 Å². The Hall–Kier alpha value is -1.33. The van der Waals surface area contributed by atoms with E-state index in [1.807, 2.05) is 6.07 Å². The van der Waals surface area contributed by atoms with Gasteiger partial charge in [0, 0.05) is 44.2 Å². The van der Waals surface area contributed by atoms with Crippen LogP contribution in [0.3, 0.4) is 0 Å². The molecular formula is C18H31N3O2. The number of aryl methyl sites for hydroxylation is 1. The third-order valence-electron chi connectivity index (χ3n) is 4.74. The zero-order valence-corrected chi connectivity index (χ0v) is 14.8. The smallest absolute Gasteiger partial charge is 0.253 e. The molecule has 2 rings (SSSR count). The van der Waals surface area contributed by atoms with Crippen molar-refractivity contribution in [3.05, 3.63) is 23.0 Å². The topological polar surface area (TPSA) is 55.3 Å². The SMILES string of the molecule is COCCNCCNC(=O)c1cc(C)n(C2CCCCC2)c1C. The molecule has 1 amide bonds. The fourth-order valence-corrected chi connectivity index (χ4v) is 3.57. The Morgan fingerprint density at radius 1 is 1.22 bits per heavy atom. The molecule has 0 aromatic carbocycles. The number of aromatic nitrogens is 1. The maximum absolute atomic E-state index is 12.4. The van der Waals surface area contributed by atoms with Gasteiger partial charge in [-0.2, -0.15) is 0 Å². The summed E-state index contributed by atoms with van der Waals surface area (Å²) in [7, 11) is 1.69. The molecule has 0 bridgehead atoms. The highest BCUT2D eigenvalue weighted by atomic mass is 16.5. The molecule has 5 heteroatoms. The molecule has 1 aliphatic carbocycles. The Balaban J connectivity index is 1.90. The minimum atomic E-state index is 0.0358. The fourth-order valence-electron chi connectivity index (χ4n) is 3.57. The van der Waals surface area contributed by atoms with Gasteiger partial charge < -0.3 is 19.9 Å². The van der Waals surface area contributed by atoms with Gasteiger partial charge in [0.05, 0.1) is 12.2 Å². The molecular weight excluding hydrogens is 290 g/mol. The number of amides is 1. The first-order chi connectivity index (χ1) is 11.1. The normalized spacial score (nSPS) is 15.8. The van der Waals surface area contributed by atoms with Crippen LogP contribution in [0.2, 0.25) is 0 Å². The first-order valence-corrected chi connectivity index (χ1v) is 8.81. The maximum atomic E-state index is 12.4. The van der Waals surface area contributed by atoms with Gasteiger partial charge in [0.1, 0.15) is 0 Å². The minimum absolute atomic E-state index is 0.0358. The number of nitrogens with zero attached hydrogens (tertiary/aromatic N) is 1. The second kappa shape index (κ2) is 9.08. The predicted molar refractivity (Wildman–Crippen MR) is 93.1 cm³/mol. The molecule has 1 aromatic heterocycles. The summed E-state index contributed by atoms with van der Waals surface area (Å²) >= 11 is 0. The number of rotatable bonds is 8. The van der Waals surface area contributed by atoms with Crippen molar-refractivity contribution in [2.24, 2.45) is 0 Å². The van der Waals surface area contributed by atoms with Crippen LogP contribution in [-0.4, -0.2) is 43.8 Å². The van der Waals surface area contributed by atoms with Crippen LogP contribution in [0.15, 0.2) is 6.07 Å². The fraction of sp³-hybridized carbons (Fsp3) is 0.722. The lowest BCUT2D eigenvalue weighted by Crippen LogP contribution is -2.33. The molecule has 0 saturated heterocycles. The van der Waals surface area contributed by atoms with Crippen molar-refractivity contribution in [2.45, 2.75) is 52.0 Å². The number of carbonyl (C=O) groups excluding carboxylic acids is 1. The first kappa shape index (κ1) is 18.0. The molecule has 0 atom stereocenters. The summed E-state index contributed by atoms with van der Waals surface area (Å²) in [4.78, 5) is 12.4. The van der Waals surface area contributed by atoms with E-state index in [-0.39, 0.29) is 5.91 Å². The van der Waals surface area contributed by atoms with Crippen LogP contribution in [0.5, 0.6) is 0 Å². The first-order valence-electron chi connectivity index (χ1n) is 8.81. The van der Waals surface area contributed by atoms with E-state index in [1.165, 1.54) is 37.8 Å². The van der Waals surface area contributed by atoms with Crippen molar-refractivity contribution < 1.29 is 9.53 Å². The van der Waals surface area contributed by atoms with E-state index in [4.69, 9.17) is 4.74 Å². The van der Waals surface area contributed by atoms with Gasteiger partial charge in [-0.3, -0.25) is 4.79 Å². The molecule has 130 valence electrons. The van der Waals surface area contributed by atoms with Crippen LogP contribution in [0.1, 0.15) is 59.9 Å². The van der Waals surface area contributed by atoms with Gasteiger partial charge in [0.25, 0.3) is 5.91 Å². The molecule has 1 aliphatic rings. The lowest BCUT2D eigenvalue weighted by Gasteiger charge is -2.26. The van der Waals surface area contributed by atoms with E-state index in [2.05, 4.69) is 29.0 Å². The molecule has 0 radical (unpaired) electrons. The summed E-state index contributed by atoms with van der Waals surface area (Å²) in [6.07, 6.45) is 6.42. The molecule has 1 aromatic rings. The zero-order chi connectivity index (χ0) is 16.7. The second-order valence-corrected chi connectivity index (χ2v) is 6.45. The van der Waals surface area contributed by atoms with Gasteiger partial charge >= 0.3 is 0 Å². The number of hydrogen-bond acceptors (Lipinski definition) is 3. The monoisotopic (exact) mass is 321 g/mol. The summed E-state index contributed by atoms with van der Waals surface area (Å²) in [6.45, 7) is 7.09. The van der Waals surface area contributed by atoms with Crippen LogP contribution in [0.4, 0.5) is 0 Å². The minimum Gasteiger partial charge on any atom is -0.383 e. The molecule has 0 aliphatic heterocycles. The standard InChI is InChI=1S/C18H31N3O2/c1-14-13-17(18(22)20-10-9-19-11-12-23-3)15(2)21(14)16-7-5-4-6-8-16/h13,16,19H,4-12H2,1-3H3,(H,20,22). The Morgan fingerprint density at radius 3 is 2.65 bits per heavy atom. The van der Waals surface area contributed by atoms with Crippen molar-refractivity contribution in [3.63, 3.8) is 0 Å². The molecule has 0 unspecified atom stereocenters. The average molecular weight is 321 g/mol. The van der Waals surface area contributed by atoms with Crippen LogP contribution in [-0.2, 0) is 4.74 Å². The maximum Gasteiger partial charge on any atom is 0.253 e. The zero-order valence-electron chi connectivity index (χ0n) is 14.8. The highest BCUT2D eigenvalue weighted by molar-refractivity contribution is 5.95. The Labute approximate surface area is 139 Å². The second-order valence-electron chi connectivity index (χ2n) is 6.45. The van der Waals surface area contributed by atoms with Crippen LogP contribution < -0.4 is 10.6 Å². The van der Waals surface area contributed by atoms with Crippen molar-refractivity contribution in [3.8, 4) is 0 Å². The molecule has 5 nitrogen and oxygen atoms in total. The number of methoxy groups -OCH3 is 1. The molecule has 1 heterocycles. The highest BCUT2D eigenvalue weighted by Gasteiger charge is 2.22.